The number of aromatic nitrogens is 2. The lowest BCUT2D eigenvalue weighted by atomic mass is 10.2. The molecule has 0 fully saturated rings. The summed E-state index contributed by atoms with van der Waals surface area (Å²) in [6.07, 6.45) is 0.773. The number of fused-ring (bicyclic) bond motifs is 1. The second-order valence-electron chi connectivity index (χ2n) is 5.95. The van der Waals surface area contributed by atoms with E-state index >= 15 is 0 Å². The monoisotopic (exact) mass is 370 g/mol. The van der Waals surface area contributed by atoms with Crippen molar-refractivity contribution in [3.63, 3.8) is 0 Å². The molecule has 142 valence electrons. The van der Waals surface area contributed by atoms with Crippen LogP contribution in [0.3, 0.4) is 0 Å². The van der Waals surface area contributed by atoms with Gasteiger partial charge in [-0.05, 0) is 42.5 Å². The fraction of sp³-hybridized carbons (Fsp3) is 0.263. The van der Waals surface area contributed by atoms with Gasteiger partial charge in [0.1, 0.15) is 48.7 Å². The average molecular weight is 370 g/mol. The molecular formula is C19H22N4O4. The van der Waals surface area contributed by atoms with Gasteiger partial charge in [-0.25, -0.2) is 9.97 Å². The number of nitrogens with one attached hydrogen (secondary N) is 1. The molecule has 0 spiro atoms. The van der Waals surface area contributed by atoms with Crippen LogP contribution in [-0.2, 0) is 0 Å². The third-order valence-electron chi connectivity index (χ3n) is 3.84. The van der Waals surface area contributed by atoms with Crippen LogP contribution >= 0.6 is 0 Å². The molecule has 1 heterocycles. The molecular weight excluding hydrogens is 348 g/mol. The molecule has 0 amide bonds. The van der Waals surface area contributed by atoms with Crippen molar-refractivity contribution in [2.24, 2.45) is 0 Å². The van der Waals surface area contributed by atoms with Crippen LogP contribution in [0.1, 0.15) is 0 Å². The Kier molecular flexibility index (Phi) is 6.24. The molecule has 5 N–H and O–H groups in total. The molecule has 1 aromatic heterocycles. The van der Waals surface area contributed by atoms with E-state index in [2.05, 4.69) is 15.3 Å². The lowest BCUT2D eigenvalue weighted by Gasteiger charge is -2.14. The zero-order chi connectivity index (χ0) is 19.1. The summed E-state index contributed by atoms with van der Waals surface area (Å²) in [5.41, 5.74) is 6.61. The Morgan fingerprint density at radius 2 is 1.81 bits per heavy atom. The zero-order valence-corrected chi connectivity index (χ0v) is 14.7. The van der Waals surface area contributed by atoms with E-state index in [9.17, 15) is 10.2 Å². The van der Waals surface area contributed by atoms with E-state index < -0.39 is 6.10 Å². The van der Waals surface area contributed by atoms with Crippen LogP contribution < -0.4 is 20.5 Å². The van der Waals surface area contributed by atoms with E-state index in [1.165, 1.54) is 18.5 Å². The van der Waals surface area contributed by atoms with Crippen molar-refractivity contribution >= 4 is 16.7 Å². The number of aliphatic hydroxyl groups excluding tert-OH is 1. The Morgan fingerprint density at radius 3 is 2.63 bits per heavy atom. The van der Waals surface area contributed by atoms with Gasteiger partial charge in [0.25, 0.3) is 0 Å². The first-order valence-electron chi connectivity index (χ1n) is 8.55. The molecule has 2 aromatic carbocycles. The first-order valence-corrected chi connectivity index (χ1v) is 8.55. The van der Waals surface area contributed by atoms with Crippen molar-refractivity contribution in [1.29, 1.82) is 0 Å². The molecule has 3 rings (SSSR count). The first-order chi connectivity index (χ1) is 13.1. The second kappa shape index (κ2) is 9.02. The number of ether oxygens (including phenoxy) is 2. The molecule has 0 unspecified atom stereocenters. The number of benzene rings is 2. The lowest BCUT2D eigenvalue weighted by Crippen LogP contribution is -2.33. The molecule has 3 aromatic rings. The zero-order valence-electron chi connectivity index (χ0n) is 14.7. The maximum Gasteiger partial charge on any atom is 0.134 e. The van der Waals surface area contributed by atoms with Gasteiger partial charge in [-0.3, -0.25) is 0 Å². The van der Waals surface area contributed by atoms with Crippen LogP contribution in [-0.4, -0.2) is 52.6 Å². The number of nitrogen functional groups attached to an aromatic ring is 1. The van der Waals surface area contributed by atoms with Crippen LogP contribution in [0.25, 0.3) is 10.9 Å². The predicted molar refractivity (Wildman–Crippen MR) is 102 cm³/mol. The molecule has 0 aliphatic rings. The maximum atomic E-state index is 9.92. The topological polar surface area (TPSA) is 123 Å². The number of aromatic hydroxyl groups is 1. The second-order valence-corrected chi connectivity index (χ2v) is 5.95. The smallest absolute Gasteiger partial charge is 0.134 e. The van der Waals surface area contributed by atoms with Gasteiger partial charge < -0.3 is 30.7 Å². The highest BCUT2D eigenvalue weighted by molar-refractivity contribution is 5.88. The molecule has 0 aliphatic heterocycles. The normalized spacial score (nSPS) is 12.0. The molecule has 0 aliphatic carbocycles. The van der Waals surface area contributed by atoms with Gasteiger partial charge in [0.15, 0.2) is 0 Å². The first kappa shape index (κ1) is 18.7. The number of aliphatic hydroxyl groups is 1. The average Bonchev–Trinajstić information content (AvgIpc) is 2.68. The van der Waals surface area contributed by atoms with Crippen LogP contribution in [0.5, 0.6) is 17.2 Å². The van der Waals surface area contributed by atoms with Gasteiger partial charge in [-0.15, -0.1) is 0 Å². The number of hydrogen-bond donors (Lipinski definition) is 4. The van der Waals surface area contributed by atoms with E-state index in [1.807, 2.05) is 18.2 Å². The van der Waals surface area contributed by atoms with Gasteiger partial charge in [0.05, 0.1) is 5.52 Å². The van der Waals surface area contributed by atoms with Gasteiger partial charge in [0, 0.05) is 18.5 Å². The molecule has 27 heavy (non-hydrogen) atoms. The summed E-state index contributed by atoms with van der Waals surface area (Å²) in [4.78, 5) is 8.11. The standard InChI is InChI=1S/C19H22N4O4/c20-19-17-9-16(5-6-18(17)22-12-23-19)26-8-7-21-10-14(25)11-27-15-3-1-13(24)2-4-15/h1-6,9,12,14,21,24-25H,7-8,10-11H2,(H2,20,22,23)/t14-/m0/s1. The van der Waals surface area contributed by atoms with E-state index in [0.717, 1.165) is 10.9 Å². The van der Waals surface area contributed by atoms with Gasteiger partial charge in [0.2, 0.25) is 0 Å². The fourth-order valence-corrected chi connectivity index (χ4v) is 2.45. The molecule has 0 saturated heterocycles. The number of anilines is 1. The fourth-order valence-electron chi connectivity index (χ4n) is 2.45. The maximum absolute atomic E-state index is 9.92. The number of nitrogens with zero attached hydrogens (tertiary/aromatic N) is 2. The number of nitrogens with two attached hydrogens (primary N) is 1. The van der Waals surface area contributed by atoms with Crippen LogP contribution in [0, 0.1) is 0 Å². The van der Waals surface area contributed by atoms with Crippen LogP contribution in [0.15, 0.2) is 48.8 Å². The molecule has 8 nitrogen and oxygen atoms in total. The largest absolute Gasteiger partial charge is 0.508 e. The SMILES string of the molecule is Nc1ncnc2ccc(OCCNC[C@H](O)COc3ccc(O)cc3)cc12. The van der Waals surface area contributed by atoms with Gasteiger partial charge in [-0.2, -0.15) is 0 Å². The van der Waals surface area contributed by atoms with E-state index in [1.54, 1.807) is 12.1 Å². The minimum atomic E-state index is -0.656. The Bertz CT molecular complexity index is 873. The van der Waals surface area contributed by atoms with Crippen molar-refractivity contribution in [3.05, 3.63) is 48.8 Å². The number of rotatable bonds is 9. The summed E-state index contributed by atoms with van der Waals surface area (Å²) in [6, 6.07) is 11.8. The highest BCUT2D eigenvalue weighted by atomic mass is 16.5. The highest BCUT2D eigenvalue weighted by Crippen LogP contribution is 2.22. The van der Waals surface area contributed by atoms with Crippen molar-refractivity contribution < 1.29 is 19.7 Å². The minimum absolute atomic E-state index is 0.155. The van der Waals surface area contributed by atoms with Crippen molar-refractivity contribution in [1.82, 2.24) is 15.3 Å². The molecule has 1 atom stereocenters. The van der Waals surface area contributed by atoms with Gasteiger partial charge in [-0.1, -0.05) is 0 Å². The summed E-state index contributed by atoms with van der Waals surface area (Å²) < 4.78 is 11.1. The van der Waals surface area contributed by atoms with Crippen molar-refractivity contribution in [3.8, 4) is 17.2 Å². The van der Waals surface area contributed by atoms with Crippen LogP contribution in [0.4, 0.5) is 5.82 Å². The predicted octanol–water partition coefficient (Wildman–Crippen LogP) is 1.33. The quantitative estimate of drug-likeness (QED) is 0.416. The van der Waals surface area contributed by atoms with Crippen LogP contribution in [0.2, 0.25) is 0 Å². The third-order valence-corrected chi connectivity index (χ3v) is 3.84. The minimum Gasteiger partial charge on any atom is -0.508 e. The van der Waals surface area contributed by atoms with E-state index in [-0.39, 0.29) is 12.4 Å². The third kappa shape index (κ3) is 5.44. The number of phenols is 1. The Morgan fingerprint density at radius 1 is 1.04 bits per heavy atom. The molecule has 0 bridgehead atoms. The van der Waals surface area contributed by atoms with Gasteiger partial charge >= 0.3 is 0 Å². The van der Waals surface area contributed by atoms with Crippen molar-refractivity contribution in [2.45, 2.75) is 6.10 Å². The Balaban J connectivity index is 1.35. The summed E-state index contributed by atoms with van der Waals surface area (Å²) in [6.45, 7) is 1.53. The number of hydrogen-bond acceptors (Lipinski definition) is 8. The van der Waals surface area contributed by atoms with E-state index in [0.29, 0.717) is 37.0 Å². The van der Waals surface area contributed by atoms with Crippen molar-refractivity contribution in [2.75, 3.05) is 32.0 Å². The summed E-state index contributed by atoms with van der Waals surface area (Å²) in [7, 11) is 0. The Hall–Kier alpha value is -3.10. The Labute approximate surface area is 156 Å². The summed E-state index contributed by atoms with van der Waals surface area (Å²) >= 11 is 0. The van der Waals surface area contributed by atoms with E-state index in [4.69, 9.17) is 15.2 Å². The molecule has 0 saturated carbocycles. The molecule has 8 heteroatoms. The number of phenolic OH excluding ortho intramolecular Hbond substituents is 1. The lowest BCUT2D eigenvalue weighted by molar-refractivity contribution is 0.105. The summed E-state index contributed by atoms with van der Waals surface area (Å²) in [5, 5.41) is 23.0. The summed E-state index contributed by atoms with van der Waals surface area (Å²) in [5.74, 6) is 1.86. The highest BCUT2D eigenvalue weighted by Gasteiger charge is 2.06. The molecule has 0 radical (unpaired) electrons.